The molecule has 1 fully saturated rings. The van der Waals surface area contributed by atoms with E-state index < -0.39 is 23.7 Å². The molecule has 0 bridgehead atoms. The number of phenolic OH excluding ortho intramolecular Hbond substituents is 1. The number of nitrogens with one attached hydrogen (secondary N) is 1. The van der Waals surface area contributed by atoms with Crippen molar-refractivity contribution in [3.05, 3.63) is 24.0 Å². The van der Waals surface area contributed by atoms with E-state index in [-0.39, 0.29) is 24.0 Å². The number of piperidine rings is 1. The predicted molar refractivity (Wildman–Crippen MR) is 73.6 cm³/mol. The molecule has 114 valence electrons. The van der Waals surface area contributed by atoms with Crippen molar-refractivity contribution in [2.75, 3.05) is 11.9 Å². The number of hydrogen-bond donors (Lipinski definition) is 3. The van der Waals surface area contributed by atoms with Crippen LogP contribution in [0.5, 0.6) is 5.75 Å². The predicted octanol–water partition coefficient (Wildman–Crippen LogP) is 2.25. The Morgan fingerprint density at radius 1 is 1.38 bits per heavy atom. The van der Waals surface area contributed by atoms with Crippen molar-refractivity contribution < 1.29 is 24.2 Å². The maximum Gasteiger partial charge on any atom is 0.407 e. The summed E-state index contributed by atoms with van der Waals surface area (Å²) in [5.41, 5.74) is -0.0134. The van der Waals surface area contributed by atoms with E-state index >= 15 is 0 Å². The number of nitrogens with zero attached hydrogens (tertiary/aromatic N) is 1. The number of anilines is 1. The average Bonchev–Trinajstić information content (AvgIpc) is 2.43. The Bertz CT molecular complexity index is 564. The molecule has 6 nitrogen and oxygen atoms in total. The second kappa shape index (κ2) is 5.99. The number of carboxylic acid groups (broad SMARTS) is 1. The number of carbonyl (C=O) groups excluding carboxylic acids is 1. The molecule has 3 N–H and O–H groups in total. The molecular weight excluding hydrogens is 279 g/mol. The quantitative estimate of drug-likeness (QED) is 0.730. The van der Waals surface area contributed by atoms with Crippen LogP contribution in [0.3, 0.4) is 0 Å². The van der Waals surface area contributed by atoms with Crippen molar-refractivity contribution >= 4 is 17.7 Å². The van der Waals surface area contributed by atoms with Gasteiger partial charge < -0.3 is 20.4 Å². The van der Waals surface area contributed by atoms with Gasteiger partial charge >= 0.3 is 6.09 Å². The monoisotopic (exact) mass is 296 g/mol. The minimum atomic E-state index is -1.06. The first-order valence-corrected chi connectivity index (χ1v) is 6.67. The molecule has 0 radical (unpaired) electrons. The number of aromatic hydroxyl groups is 1. The SMILES string of the molecule is CC1CCC(C(=O)Nc2cc(F)ccc2O)CN1C(=O)O. The molecule has 1 aromatic carbocycles. The van der Waals surface area contributed by atoms with Gasteiger partial charge in [-0.25, -0.2) is 9.18 Å². The largest absolute Gasteiger partial charge is 0.506 e. The third-order valence-corrected chi connectivity index (χ3v) is 3.72. The summed E-state index contributed by atoms with van der Waals surface area (Å²) in [6.45, 7) is 1.89. The van der Waals surface area contributed by atoms with E-state index in [9.17, 15) is 19.1 Å². The van der Waals surface area contributed by atoms with E-state index in [2.05, 4.69) is 5.32 Å². The van der Waals surface area contributed by atoms with Crippen LogP contribution in [0.1, 0.15) is 19.8 Å². The van der Waals surface area contributed by atoms with Crippen LogP contribution < -0.4 is 5.32 Å². The smallest absolute Gasteiger partial charge is 0.407 e. The molecular formula is C14H17FN2O4. The van der Waals surface area contributed by atoms with Gasteiger partial charge in [0.05, 0.1) is 11.6 Å². The molecule has 0 spiro atoms. The molecule has 0 aliphatic carbocycles. The van der Waals surface area contributed by atoms with Crippen molar-refractivity contribution in [1.29, 1.82) is 0 Å². The Labute approximate surface area is 121 Å². The zero-order chi connectivity index (χ0) is 15.6. The fraction of sp³-hybridized carbons (Fsp3) is 0.429. The van der Waals surface area contributed by atoms with Gasteiger partial charge in [-0.15, -0.1) is 0 Å². The summed E-state index contributed by atoms with van der Waals surface area (Å²) < 4.78 is 13.1. The van der Waals surface area contributed by atoms with Crippen molar-refractivity contribution in [3.8, 4) is 5.75 Å². The number of carbonyl (C=O) groups is 2. The fourth-order valence-electron chi connectivity index (χ4n) is 2.43. The Hall–Kier alpha value is -2.31. The summed E-state index contributed by atoms with van der Waals surface area (Å²) >= 11 is 0. The fourth-order valence-corrected chi connectivity index (χ4v) is 2.43. The average molecular weight is 296 g/mol. The van der Waals surface area contributed by atoms with Gasteiger partial charge in [0.2, 0.25) is 5.91 Å². The van der Waals surface area contributed by atoms with Crippen LogP contribution in [0.25, 0.3) is 0 Å². The maximum absolute atomic E-state index is 13.1. The molecule has 1 aromatic rings. The van der Waals surface area contributed by atoms with Gasteiger partial charge in [-0.2, -0.15) is 0 Å². The summed E-state index contributed by atoms with van der Waals surface area (Å²) in [5.74, 6) is -1.74. The van der Waals surface area contributed by atoms with Crippen molar-refractivity contribution in [1.82, 2.24) is 4.90 Å². The number of halogens is 1. The number of amides is 2. The minimum absolute atomic E-state index is 0.0134. The molecule has 1 saturated heterocycles. The van der Waals surface area contributed by atoms with Crippen molar-refractivity contribution in [2.24, 2.45) is 5.92 Å². The summed E-state index contributed by atoms with van der Waals surface area (Å²) in [5, 5.41) is 21.1. The molecule has 1 heterocycles. The molecule has 0 saturated carbocycles. The van der Waals surface area contributed by atoms with Crippen molar-refractivity contribution in [2.45, 2.75) is 25.8 Å². The van der Waals surface area contributed by atoms with Gasteiger partial charge in [0, 0.05) is 18.7 Å². The number of rotatable bonds is 2. The third-order valence-electron chi connectivity index (χ3n) is 3.72. The first-order valence-electron chi connectivity index (χ1n) is 6.67. The summed E-state index contributed by atoms with van der Waals surface area (Å²) in [6.07, 6.45) is 0.0698. The summed E-state index contributed by atoms with van der Waals surface area (Å²) in [7, 11) is 0. The summed E-state index contributed by atoms with van der Waals surface area (Å²) in [4.78, 5) is 24.5. The van der Waals surface area contributed by atoms with Crippen LogP contribution >= 0.6 is 0 Å². The van der Waals surface area contributed by atoms with E-state index in [0.29, 0.717) is 12.8 Å². The second-order valence-electron chi connectivity index (χ2n) is 5.21. The highest BCUT2D eigenvalue weighted by atomic mass is 19.1. The van der Waals surface area contributed by atoms with E-state index in [0.717, 1.165) is 18.2 Å². The van der Waals surface area contributed by atoms with Crippen LogP contribution in [0, 0.1) is 11.7 Å². The number of benzene rings is 1. The Kier molecular flexibility index (Phi) is 4.30. The first-order chi connectivity index (χ1) is 9.88. The van der Waals surface area contributed by atoms with Gasteiger partial charge in [-0.05, 0) is 31.9 Å². The molecule has 2 rings (SSSR count). The zero-order valence-corrected chi connectivity index (χ0v) is 11.5. The van der Waals surface area contributed by atoms with E-state index in [4.69, 9.17) is 5.11 Å². The molecule has 2 amide bonds. The van der Waals surface area contributed by atoms with Gasteiger partial charge in [0.25, 0.3) is 0 Å². The number of likely N-dealkylation sites (tertiary alicyclic amines) is 1. The third kappa shape index (κ3) is 3.42. The lowest BCUT2D eigenvalue weighted by molar-refractivity contribution is -0.121. The van der Waals surface area contributed by atoms with Crippen LogP contribution in [-0.4, -0.2) is 39.7 Å². The van der Waals surface area contributed by atoms with E-state index in [1.807, 2.05) is 0 Å². The topological polar surface area (TPSA) is 89.9 Å². The van der Waals surface area contributed by atoms with Crippen LogP contribution in [0.2, 0.25) is 0 Å². The summed E-state index contributed by atoms with van der Waals surface area (Å²) in [6, 6.07) is 3.12. The highest BCUT2D eigenvalue weighted by Gasteiger charge is 2.32. The van der Waals surface area contributed by atoms with Crippen LogP contribution in [-0.2, 0) is 4.79 Å². The van der Waals surface area contributed by atoms with Crippen molar-refractivity contribution in [3.63, 3.8) is 0 Å². The van der Waals surface area contributed by atoms with Crippen LogP contribution in [0.4, 0.5) is 14.9 Å². The number of hydrogen-bond acceptors (Lipinski definition) is 3. The van der Waals surface area contributed by atoms with E-state index in [1.54, 1.807) is 6.92 Å². The zero-order valence-electron chi connectivity index (χ0n) is 11.5. The minimum Gasteiger partial charge on any atom is -0.506 e. The molecule has 2 atom stereocenters. The standard InChI is InChI=1S/C14H17FN2O4/c1-8-2-3-9(7-17(8)14(20)21)13(19)16-11-6-10(15)4-5-12(11)18/h4-6,8-9,18H,2-3,7H2,1H3,(H,16,19)(H,20,21). The van der Waals surface area contributed by atoms with Gasteiger partial charge in [-0.1, -0.05) is 0 Å². The van der Waals surface area contributed by atoms with E-state index in [1.165, 1.54) is 4.90 Å². The molecule has 21 heavy (non-hydrogen) atoms. The molecule has 7 heteroatoms. The Morgan fingerprint density at radius 2 is 2.10 bits per heavy atom. The lowest BCUT2D eigenvalue weighted by Gasteiger charge is -2.35. The normalized spacial score (nSPS) is 21.9. The molecule has 0 aromatic heterocycles. The maximum atomic E-state index is 13.1. The van der Waals surface area contributed by atoms with Gasteiger partial charge in [0.1, 0.15) is 11.6 Å². The lowest BCUT2D eigenvalue weighted by Crippen LogP contribution is -2.47. The lowest BCUT2D eigenvalue weighted by atomic mass is 9.93. The molecule has 1 aliphatic rings. The number of phenols is 1. The van der Waals surface area contributed by atoms with Crippen LogP contribution in [0.15, 0.2) is 18.2 Å². The molecule has 2 unspecified atom stereocenters. The highest BCUT2D eigenvalue weighted by Crippen LogP contribution is 2.27. The second-order valence-corrected chi connectivity index (χ2v) is 5.21. The van der Waals surface area contributed by atoms with Gasteiger partial charge in [0.15, 0.2) is 0 Å². The Balaban J connectivity index is 2.06. The Morgan fingerprint density at radius 3 is 2.76 bits per heavy atom. The highest BCUT2D eigenvalue weighted by molar-refractivity contribution is 5.94. The van der Waals surface area contributed by atoms with Gasteiger partial charge in [-0.3, -0.25) is 4.79 Å². The first kappa shape index (κ1) is 15.1. The molecule has 1 aliphatic heterocycles.